The monoisotopic (exact) mass is 604 g/mol. The zero-order valence-electron chi connectivity index (χ0n) is 25.9. The predicted molar refractivity (Wildman–Crippen MR) is 160 cm³/mol. The van der Waals surface area contributed by atoms with Crippen molar-refractivity contribution in [1.29, 1.82) is 0 Å². The van der Waals surface area contributed by atoms with E-state index in [4.69, 9.17) is 11.5 Å². The van der Waals surface area contributed by atoms with Gasteiger partial charge in [0.25, 0.3) is 0 Å². The topological polar surface area (TPSA) is 222 Å². The first-order valence-corrected chi connectivity index (χ1v) is 15.6. The minimum Gasteiger partial charge on any atom is -0.744 e. The molecule has 0 spiro atoms. The standard InChI is InChI=1S/2C8H19N.2C6H7NO3S/c2*1-7(2,3)6-8(4,5)9;2*7-5-1-3-6(4-2-5)11(8,9)10/h2*6,9H2,1-5H3;2*1-4H,7H2,(H,8,9,10). The van der Waals surface area contributed by atoms with Crippen LogP contribution in [-0.4, -0.2) is 37.0 Å². The molecule has 0 heterocycles. The van der Waals surface area contributed by atoms with Crippen LogP contribution in [0.4, 0.5) is 11.4 Å². The van der Waals surface area contributed by atoms with Gasteiger partial charge in [0.1, 0.15) is 20.2 Å². The van der Waals surface area contributed by atoms with Crippen LogP contribution >= 0.6 is 0 Å². The van der Waals surface area contributed by atoms with Gasteiger partial charge in [-0.15, -0.1) is 0 Å². The summed E-state index contributed by atoms with van der Waals surface area (Å²) >= 11 is 0. The van der Waals surface area contributed by atoms with E-state index in [2.05, 4.69) is 80.7 Å². The Balaban J connectivity index is 0. The Labute approximate surface area is 242 Å². The van der Waals surface area contributed by atoms with E-state index in [9.17, 15) is 25.9 Å². The SMILES string of the molecule is CC(C)(C)CC(C)(C)[NH3+].CC(C)(C)CC(C)(C)[NH3+].Nc1ccc(S(=O)(=O)[O-])cc1.Nc1ccc(S(=O)(=O)[O-])cc1. The molecule has 0 saturated carbocycles. The number of quaternary nitrogens is 2. The lowest BCUT2D eigenvalue weighted by molar-refractivity contribution is -0.471. The van der Waals surface area contributed by atoms with Crippen LogP contribution in [0.25, 0.3) is 0 Å². The van der Waals surface area contributed by atoms with Crippen molar-refractivity contribution in [3.8, 4) is 0 Å². The summed E-state index contributed by atoms with van der Waals surface area (Å²) in [5.41, 5.74) is 20.8. The summed E-state index contributed by atoms with van der Waals surface area (Å²) in [5, 5.41) is 0. The van der Waals surface area contributed by atoms with Gasteiger partial charge in [0.05, 0.1) is 20.9 Å². The molecule has 0 fully saturated rings. The van der Waals surface area contributed by atoms with Crippen LogP contribution in [0, 0.1) is 10.8 Å². The zero-order valence-corrected chi connectivity index (χ0v) is 27.5. The first-order valence-electron chi connectivity index (χ1n) is 12.7. The molecule has 2 aromatic carbocycles. The highest BCUT2D eigenvalue weighted by molar-refractivity contribution is 7.86. The average molecular weight is 605 g/mol. The van der Waals surface area contributed by atoms with E-state index in [1.807, 2.05) is 0 Å². The van der Waals surface area contributed by atoms with Crippen molar-refractivity contribution in [3.63, 3.8) is 0 Å². The van der Waals surface area contributed by atoms with Crippen molar-refractivity contribution in [1.82, 2.24) is 0 Å². The van der Waals surface area contributed by atoms with Crippen LogP contribution in [0.2, 0.25) is 0 Å². The second-order valence-corrected chi connectivity index (χ2v) is 16.6. The summed E-state index contributed by atoms with van der Waals surface area (Å²) in [5.74, 6) is 0. The van der Waals surface area contributed by atoms with Gasteiger partial charge in [-0.1, -0.05) is 41.5 Å². The van der Waals surface area contributed by atoms with Crippen molar-refractivity contribution in [2.45, 2.75) is 103 Å². The largest absolute Gasteiger partial charge is 0.744 e. The van der Waals surface area contributed by atoms with E-state index in [1.54, 1.807) is 0 Å². The van der Waals surface area contributed by atoms with Crippen LogP contribution < -0.4 is 22.9 Å². The molecule has 0 saturated heterocycles. The van der Waals surface area contributed by atoms with Gasteiger partial charge < -0.3 is 32.0 Å². The minimum atomic E-state index is -4.33. The molecule has 0 unspecified atom stereocenters. The van der Waals surface area contributed by atoms with Gasteiger partial charge in [-0.05, 0) is 87.1 Å². The molecule has 10 nitrogen and oxygen atoms in total. The van der Waals surface area contributed by atoms with Gasteiger partial charge in [0.15, 0.2) is 0 Å². The Morgan fingerprint density at radius 1 is 0.550 bits per heavy atom. The maximum atomic E-state index is 10.3. The predicted octanol–water partition coefficient (Wildman–Crippen LogP) is 3.23. The lowest BCUT2D eigenvalue weighted by Gasteiger charge is -2.25. The van der Waals surface area contributed by atoms with Gasteiger partial charge in [-0.25, -0.2) is 16.8 Å². The Kier molecular flexibility index (Phi) is 15.1. The number of rotatable bonds is 4. The second-order valence-electron chi connectivity index (χ2n) is 13.8. The lowest BCUT2D eigenvalue weighted by atomic mass is 9.82. The Morgan fingerprint density at radius 2 is 0.750 bits per heavy atom. The summed E-state index contributed by atoms with van der Waals surface area (Å²) in [4.78, 5) is -0.515. The number of benzene rings is 2. The molecule has 0 aliphatic rings. The fourth-order valence-electron chi connectivity index (χ4n) is 4.14. The smallest absolute Gasteiger partial charge is 0.124 e. The zero-order chi connectivity index (χ0) is 32.4. The Bertz CT molecular complexity index is 1090. The maximum absolute atomic E-state index is 10.3. The number of nitrogens with two attached hydrogens (primary N) is 2. The second kappa shape index (κ2) is 15.1. The first-order chi connectivity index (χ1) is 17.4. The van der Waals surface area contributed by atoms with Crippen molar-refractivity contribution >= 4 is 31.6 Å². The minimum absolute atomic E-state index is 0.234. The van der Waals surface area contributed by atoms with Crippen molar-refractivity contribution in [2.24, 2.45) is 10.8 Å². The van der Waals surface area contributed by atoms with Crippen molar-refractivity contribution in [3.05, 3.63) is 48.5 Å². The van der Waals surface area contributed by atoms with Crippen LogP contribution in [0.15, 0.2) is 58.3 Å². The van der Waals surface area contributed by atoms with E-state index in [-0.39, 0.29) is 20.9 Å². The number of anilines is 2. The lowest BCUT2D eigenvalue weighted by Crippen LogP contribution is -2.70. The van der Waals surface area contributed by atoms with Crippen LogP contribution in [0.5, 0.6) is 0 Å². The van der Waals surface area contributed by atoms with Crippen molar-refractivity contribution < 1.29 is 37.4 Å². The molecule has 0 aromatic heterocycles. The van der Waals surface area contributed by atoms with E-state index in [0.717, 1.165) is 0 Å². The molecule has 0 aliphatic heterocycles. The van der Waals surface area contributed by atoms with E-state index < -0.39 is 20.2 Å². The molecule has 2 rings (SSSR count). The molecular formula is C28H52N4O6S2. The Morgan fingerprint density at radius 3 is 0.850 bits per heavy atom. The highest BCUT2D eigenvalue weighted by Crippen LogP contribution is 2.24. The fraction of sp³-hybridized carbons (Fsp3) is 0.571. The summed E-state index contributed by atoms with van der Waals surface area (Å²) in [6.45, 7) is 22.2. The molecule has 0 aliphatic carbocycles. The summed E-state index contributed by atoms with van der Waals surface area (Å²) < 4.78 is 62.1. The third-order valence-electron chi connectivity index (χ3n) is 4.36. The maximum Gasteiger partial charge on any atom is 0.124 e. The molecule has 0 bridgehead atoms. The molecule has 40 heavy (non-hydrogen) atoms. The Hall–Kier alpha value is -2.22. The third-order valence-corrected chi connectivity index (χ3v) is 6.05. The molecule has 0 atom stereocenters. The molecule has 0 amide bonds. The molecule has 2 aromatic rings. The number of hydrogen-bond donors (Lipinski definition) is 4. The molecule has 10 N–H and O–H groups in total. The van der Waals surface area contributed by atoms with Gasteiger partial charge >= 0.3 is 0 Å². The van der Waals surface area contributed by atoms with Crippen LogP contribution in [0.1, 0.15) is 82.1 Å². The van der Waals surface area contributed by atoms with Gasteiger partial charge in [0.2, 0.25) is 0 Å². The van der Waals surface area contributed by atoms with E-state index >= 15 is 0 Å². The number of hydrogen-bond acceptors (Lipinski definition) is 8. The van der Waals surface area contributed by atoms with E-state index in [0.29, 0.717) is 22.2 Å². The quantitative estimate of drug-likeness (QED) is 0.299. The molecule has 0 radical (unpaired) electrons. The summed E-state index contributed by atoms with van der Waals surface area (Å²) in [6, 6.07) is 10.2. The van der Waals surface area contributed by atoms with Gasteiger partial charge in [-0.2, -0.15) is 0 Å². The number of nitrogen functional groups attached to an aromatic ring is 2. The van der Waals surface area contributed by atoms with E-state index in [1.165, 1.54) is 61.4 Å². The molecular weight excluding hydrogens is 552 g/mol. The average Bonchev–Trinajstić information content (AvgIpc) is 2.63. The highest BCUT2D eigenvalue weighted by atomic mass is 32.2. The van der Waals surface area contributed by atoms with Crippen molar-refractivity contribution in [2.75, 3.05) is 11.5 Å². The van der Waals surface area contributed by atoms with Gasteiger partial charge in [-0.3, -0.25) is 0 Å². The van der Waals surface area contributed by atoms with Crippen LogP contribution in [0.3, 0.4) is 0 Å². The van der Waals surface area contributed by atoms with Crippen LogP contribution in [-0.2, 0) is 20.2 Å². The molecule has 12 heteroatoms. The first kappa shape index (κ1) is 39.9. The molecule has 232 valence electrons. The normalized spacial score (nSPS) is 12.6. The summed E-state index contributed by atoms with van der Waals surface area (Å²) in [6.07, 6.45) is 2.36. The fourth-order valence-corrected chi connectivity index (χ4v) is 5.08. The third kappa shape index (κ3) is 24.8. The highest BCUT2D eigenvalue weighted by Gasteiger charge is 2.24. The van der Waals surface area contributed by atoms with Gasteiger partial charge in [0, 0.05) is 24.2 Å². The summed E-state index contributed by atoms with van der Waals surface area (Å²) in [7, 11) is -8.65.